The van der Waals surface area contributed by atoms with Crippen LogP contribution in [0.3, 0.4) is 0 Å². The Morgan fingerprint density at radius 1 is 1.20 bits per heavy atom. The molecule has 1 aliphatic carbocycles. The summed E-state index contributed by atoms with van der Waals surface area (Å²) in [6.07, 6.45) is 5.93. The summed E-state index contributed by atoms with van der Waals surface area (Å²) in [4.78, 5) is 31.1. The van der Waals surface area contributed by atoms with Crippen molar-refractivity contribution in [2.45, 2.75) is 51.2 Å². The predicted molar refractivity (Wildman–Crippen MR) is 137 cm³/mol. The monoisotopic (exact) mass is 495 g/mol. The molecule has 1 saturated heterocycles. The molecular formula is C25H29N5O4S. The largest absolute Gasteiger partial charge is 0.490 e. The Morgan fingerprint density at radius 3 is 2.74 bits per heavy atom. The maximum absolute atomic E-state index is 13.0. The highest BCUT2D eigenvalue weighted by atomic mass is 32.1. The molecule has 184 valence electrons. The molecule has 1 aromatic carbocycles. The highest BCUT2D eigenvalue weighted by Crippen LogP contribution is 2.39. The Kier molecular flexibility index (Phi) is 6.38. The minimum Gasteiger partial charge on any atom is -0.490 e. The fourth-order valence-corrected chi connectivity index (χ4v) is 5.51. The van der Waals surface area contributed by atoms with E-state index in [-0.39, 0.29) is 18.5 Å². The Hall–Kier alpha value is -3.53. The molecule has 5 N–H and O–H groups in total. The van der Waals surface area contributed by atoms with E-state index in [2.05, 4.69) is 15.6 Å². The molecule has 2 aliphatic rings. The summed E-state index contributed by atoms with van der Waals surface area (Å²) in [5.41, 5.74) is 9.56. The first-order valence-corrected chi connectivity index (χ1v) is 12.7. The van der Waals surface area contributed by atoms with E-state index in [1.807, 2.05) is 31.2 Å². The summed E-state index contributed by atoms with van der Waals surface area (Å²) in [6.45, 7) is 2.78. The van der Waals surface area contributed by atoms with Crippen molar-refractivity contribution in [2.24, 2.45) is 0 Å². The number of nitrogens with one attached hydrogen (secondary N) is 2. The van der Waals surface area contributed by atoms with Gasteiger partial charge >= 0.3 is 6.09 Å². The number of hydrogen-bond acceptors (Lipinski definition) is 7. The van der Waals surface area contributed by atoms with Gasteiger partial charge in [0.25, 0.3) is 5.91 Å². The number of nitrogen functional groups attached to an aromatic ring is 1. The van der Waals surface area contributed by atoms with E-state index in [0.717, 1.165) is 42.0 Å². The lowest BCUT2D eigenvalue weighted by Crippen LogP contribution is -2.49. The van der Waals surface area contributed by atoms with Crippen molar-refractivity contribution in [3.8, 4) is 5.75 Å². The summed E-state index contributed by atoms with van der Waals surface area (Å²) >= 11 is 1.24. The SMILES string of the molecule is Cc1cc(OC2CCC2)ccc1Nc1ccnc2sc(C(=O)NC3CCCN(C(=O)O)C3)c(N)c12. The summed E-state index contributed by atoms with van der Waals surface area (Å²) < 4.78 is 6.00. The number of benzene rings is 1. The minimum absolute atomic E-state index is 0.245. The molecule has 0 radical (unpaired) electrons. The van der Waals surface area contributed by atoms with E-state index in [0.29, 0.717) is 39.9 Å². The lowest BCUT2D eigenvalue weighted by molar-refractivity contribution is 0.0893. The standard InChI is InChI=1S/C25H29N5O4S/c1-14-12-17(34-16-5-2-6-16)7-8-18(14)29-19-9-10-27-24-20(19)21(26)22(35-24)23(31)28-15-4-3-11-30(13-15)25(32)33/h7-10,12,15-16H,2-6,11,13,26H2,1H3,(H,27,29)(H,28,31)(H,32,33). The van der Waals surface area contributed by atoms with Crippen molar-refractivity contribution in [2.75, 3.05) is 24.1 Å². The number of aryl methyl sites for hydroxylation is 1. The van der Waals surface area contributed by atoms with Crippen LogP contribution < -0.4 is 21.1 Å². The molecule has 5 rings (SSSR count). The number of likely N-dealkylation sites (tertiary alicyclic amines) is 1. The molecule has 1 saturated carbocycles. The van der Waals surface area contributed by atoms with Gasteiger partial charge in [-0.1, -0.05) is 0 Å². The maximum atomic E-state index is 13.0. The number of rotatable bonds is 6. The van der Waals surface area contributed by atoms with E-state index in [1.165, 1.54) is 22.7 Å². The molecule has 3 aromatic rings. The van der Waals surface area contributed by atoms with Crippen LogP contribution in [0.25, 0.3) is 10.2 Å². The van der Waals surface area contributed by atoms with Crippen molar-refractivity contribution in [1.82, 2.24) is 15.2 Å². The second kappa shape index (κ2) is 9.61. The summed E-state index contributed by atoms with van der Waals surface area (Å²) in [6, 6.07) is 7.58. The van der Waals surface area contributed by atoms with Crippen LogP contribution in [0.1, 0.15) is 47.3 Å². The Bertz CT molecular complexity index is 1270. The maximum Gasteiger partial charge on any atom is 0.407 e. The molecule has 2 fully saturated rings. The van der Waals surface area contributed by atoms with Gasteiger partial charge in [-0.15, -0.1) is 11.3 Å². The van der Waals surface area contributed by atoms with E-state index >= 15 is 0 Å². The van der Waals surface area contributed by atoms with Gasteiger partial charge in [0.05, 0.1) is 22.9 Å². The van der Waals surface area contributed by atoms with Gasteiger partial charge in [-0.3, -0.25) is 4.79 Å². The van der Waals surface area contributed by atoms with Gasteiger partial charge in [-0.2, -0.15) is 0 Å². The molecule has 3 heterocycles. The van der Waals surface area contributed by atoms with E-state index in [4.69, 9.17) is 10.5 Å². The molecule has 1 aliphatic heterocycles. The fourth-order valence-electron chi connectivity index (χ4n) is 4.51. The number of nitrogens with zero attached hydrogens (tertiary/aromatic N) is 2. The van der Waals surface area contributed by atoms with Crippen molar-refractivity contribution < 1.29 is 19.4 Å². The van der Waals surface area contributed by atoms with E-state index in [9.17, 15) is 14.7 Å². The third-order valence-corrected chi connectivity index (χ3v) is 7.80. The van der Waals surface area contributed by atoms with Crippen molar-refractivity contribution in [1.29, 1.82) is 0 Å². The molecule has 10 heteroatoms. The van der Waals surface area contributed by atoms with Crippen LogP contribution in [-0.4, -0.2) is 52.2 Å². The number of carboxylic acid groups (broad SMARTS) is 1. The number of aromatic nitrogens is 1. The average molecular weight is 496 g/mol. The number of hydrogen-bond donors (Lipinski definition) is 4. The smallest absolute Gasteiger partial charge is 0.407 e. The molecule has 1 unspecified atom stereocenters. The molecule has 1 atom stereocenters. The van der Waals surface area contributed by atoms with Gasteiger partial charge < -0.3 is 31.1 Å². The first-order chi connectivity index (χ1) is 16.9. The second-order valence-electron chi connectivity index (χ2n) is 9.20. The van der Waals surface area contributed by atoms with Crippen molar-refractivity contribution in [3.05, 3.63) is 40.9 Å². The Labute approximate surface area is 207 Å². The normalized spacial score (nSPS) is 18.2. The van der Waals surface area contributed by atoms with E-state index in [1.54, 1.807) is 6.20 Å². The van der Waals surface area contributed by atoms with Gasteiger partial charge in [-0.05, 0) is 68.9 Å². The van der Waals surface area contributed by atoms with Crippen LogP contribution in [0, 0.1) is 6.92 Å². The van der Waals surface area contributed by atoms with Gasteiger partial charge in [-0.25, -0.2) is 9.78 Å². The summed E-state index contributed by atoms with van der Waals surface area (Å²) in [7, 11) is 0. The fraction of sp³-hybridized carbons (Fsp3) is 0.400. The first-order valence-electron chi connectivity index (χ1n) is 11.9. The number of nitrogens with two attached hydrogens (primary N) is 1. The zero-order chi connectivity index (χ0) is 24.5. The number of piperidine rings is 1. The first kappa shape index (κ1) is 23.2. The number of fused-ring (bicyclic) bond motifs is 1. The van der Waals surface area contributed by atoms with Crippen LogP contribution >= 0.6 is 11.3 Å². The third-order valence-electron chi connectivity index (χ3n) is 6.68. The summed E-state index contributed by atoms with van der Waals surface area (Å²) in [5.74, 6) is 0.568. The zero-order valence-electron chi connectivity index (χ0n) is 19.5. The average Bonchev–Trinajstić information content (AvgIpc) is 3.15. The van der Waals surface area contributed by atoms with Gasteiger partial charge in [0.1, 0.15) is 15.5 Å². The third kappa shape index (κ3) is 4.84. The number of pyridine rings is 1. The Balaban J connectivity index is 1.35. The van der Waals surface area contributed by atoms with Crippen molar-refractivity contribution in [3.63, 3.8) is 0 Å². The van der Waals surface area contributed by atoms with Gasteiger partial charge in [0.2, 0.25) is 0 Å². The zero-order valence-corrected chi connectivity index (χ0v) is 20.4. The molecule has 9 nitrogen and oxygen atoms in total. The highest BCUT2D eigenvalue weighted by Gasteiger charge is 2.27. The van der Waals surface area contributed by atoms with Crippen molar-refractivity contribution >= 4 is 50.6 Å². The molecular weight excluding hydrogens is 466 g/mol. The van der Waals surface area contributed by atoms with Crippen LogP contribution in [0.2, 0.25) is 0 Å². The lowest BCUT2D eigenvalue weighted by atomic mass is 9.96. The topological polar surface area (TPSA) is 130 Å². The molecule has 35 heavy (non-hydrogen) atoms. The Morgan fingerprint density at radius 2 is 2.03 bits per heavy atom. The lowest BCUT2D eigenvalue weighted by Gasteiger charge is -2.31. The molecule has 2 aromatic heterocycles. The quantitative estimate of drug-likeness (QED) is 0.389. The predicted octanol–water partition coefficient (Wildman–Crippen LogP) is 4.73. The van der Waals surface area contributed by atoms with E-state index < -0.39 is 6.09 Å². The number of anilines is 3. The number of ether oxygens (including phenoxy) is 1. The molecule has 0 bridgehead atoms. The van der Waals surface area contributed by atoms with Crippen LogP contribution in [0.4, 0.5) is 21.9 Å². The minimum atomic E-state index is -0.969. The van der Waals surface area contributed by atoms with Crippen LogP contribution in [0.15, 0.2) is 30.5 Å². The highest BCUT2D eigenvalue weighted by molar-refractivity contribution is 7.21. The van der Waals surface area contributed by atoms with Gasteiger partial charge in [0.15, 0.2) is 0 Å². The van der Waals surface area contributed by atoms with Gasteiger partial charge in [0, 0.05) is 31.0 Å². The molecule has 0 spiro atoms. The summed E-state index contributed by atoms with van der Waals surface area (Å²) in [5, 5.41) is 16.4. The second-order valence-corrected chi connectivity index (χ2v) is 10.2. The van der Waals surface area contributed by atoms with Crippen LogP contribution in [-0.2, 0) is 0 Å². The number of amides is 2. The number of thiophene rings is 1. The number of carbonyl (C=O) groups is 2. The number of carbonyl (C=O) groups excluding carboxylic acids is 1. The molecule has 2 amide bonds. The van der Waals surface area contributed by atoms with Crippen LogP contribution in [0.5, 0.6) is 5.75 Å².